The summed E-state index contributed by atoms with van der Waals surface area (Å²) in [5.74, 6) is 0.616. The molecular formula is C17H17Cl2NO3S. The molecule has 7 heteroatoms. The summed E-state index contributed by atoms with van der Waals surface area (Å²) in [6.45, 7) is 5.47. The SMILES string of the molecule is C=CCN(c1cccc(Cl)c1Cl)S(=O)(=O)c1ccc(OC)c(C)c1. The van der Waals surface area contributed by atoms with E-state index in [4.69, 9.17) is 27.9 Å². The minimum Gasteiger partial charge on any atom is -0.496 e. The molecule has 0 aliphatic rings. The molecular weight excluding hydrogens is 369 g/mol. The molecule has 128 valence electrons. The van der Waals surface area contributed by atoms with E-state index < -0.39 is 10.0 Å². The fourth-order valence-corrected chi connectivity index (χ4v) is 4.25. The Morgan fingerprint density at radius 3 is 2.54 bits per heavy atom. The van der Waals surface area contributed by atoms with Crippen LogP contribution in [0.5, 0.6) is 5.75 Å². The molecule has 2 aromatic carbocycles. The lowest BCUT2D eigenvalue weighted by Crippen LogP contribution is -2.31. The molecule has 0 unspecified atom stereocenters. The van der Waals surface area contributed by atoms with Gasteiger partial charge in [0.15, 0.2) is 0 Å². The van der Waals surface area contributed by atoms with E-state index in [1.165, 1.54) is 23.6 Å². The Hall–Kier alpha value is -1.69. The van der Waals surface area contributed by atoms with Crippen LogP contribution in [0.4, 0.5) is 5.69 Å². The highest BCUT2D eigenvalue weighted by Crippen LogP contribution is 2.35. The molecule has 0 aliphatic heterocycles. The first-order valence-corrected chi connectivity index (χ1v) is 9.24. The third kappa shape index (κ3) is 3.53. The zero-order chi connectivity index (χ0) is 17.9. The van der Waals surface area contributed by atoms with Crippen LogP contribution in [-0.2, 0) is 10.0 Å². The summed E-state index contributed by atoms with van der Waals surface area (Å²) in [6.07, 6.45) is 1.49. The van der Waals surface area contributed by atoms with E-state index >= 15 is 0 Å². The first-order chi connectivity index (χ1) is 11.3. The summed E-state index contributed by atoms with van der Waals surface area (Å²) in [4.78, 5) is 0.138. The lowest BCUT2D eigenvalue weighted by atomic mass is 10.2. The Balaban J connectivity index is 2.59. The van der Waals surface area contributed by atoms with Crippen LogP contribution in [0.3, 0.4) is 0 Å². The van der Waals surface area contributed by atoms with Gasteiger partial charge in [-0.15, -0.1) is 6.58 Å². The standard InChI is InChI=1S/C17H17Cl2NO3S/c1-4-10-20(15-7-5-6-14(18)17(15)19)24(21,22)13-8-9-16(23-3)12(2)11-13/h4-9,11H,1,10H2,2-3H3. The Morgan fingerprint density at radius 1 is 1.25 bits per heavy atom. The molecule has 4 nitrogen and oxygen atoms in total. The summed E-state index contributed by atoms with van der Waals surface area (Å²) in [5, 5.41) is 0.458. The highest BCUT2D eigenvalue weighted by molar-refractivity contribution is 7.92. The summed E-state index contributed by atoms with van der Waals surface area (Å²) in [6, 6.07) is 9.52. The van der Waals surface area contributed by atoms with Crippen molar-refractivity contribution in [1.82, 2.24) is 0 Å². The van der Waals surface area contributed by atoms with Crippen molar-refractivity contribution in [2.24, 2.45) is 0 Å². The summed E-state index contributed by atoms with van der Waals surface area (Å²) >= 11 is 12.2. The van der Waals surface area contributed by atoms with E-state index in [-0.39, 0.29) is 21.5 Å². The van der Waals surface area contributed by atoms with Crippen LogP contribution in [0.2, 0.25) is 10.0 Å². The van der Waals surface area contributed by atoms with E-state index in [1.54, 1.807) is 37.3 Å². The zero-order valence-electron chi connectivity index (χ0n) is 13.3. The van der Waals surface area contributed by atoms with E-state index in [1.807, 2.05) is 0 Å². The summed E-state index contributed by atoms with van der Waals surface area (Å²) in [7, 11) is -2.31. The maximum atomic E-state index is 13.1. The first kappa shape index (κ1) is 18.6. The van der Waals surface area contributed by atoms with Crippen molar-refractivity contribution in [3.8, 4) is 5.75 Å². The van der Waals surface area contributed by atoms with Gasteiger partial charge >= 0.3 is 0 Å². The number of nitrogens with zero attached hydrogens (tertiary/aromatic N) is 1. The van der Waals surface area contributed by atoms with Crippen molar-refractivity contribution in [3.63, 3.8) is 0 Å². The number of methoxy groups -OCH3 is 1. The molecule has 2 rings (SSSR count). The number of benzene rings is 2. The number of hydrogen-bond donors (Lipinski definition) is 0. The highest BCUT2D eigenvalue weighted by Gasteiger charge is 2.26. The largest absolute Gasteiger partial charge is 0.496 e. The second-order valence-corrected chi connectivity index (χ2v) is 7.68. The molecule has 0 N–H and O–H groups in total. The maximum absolute atomic E-state index is 13.1. The Kier molecular flexibility index (Phi) is 5.80. The van der Waals surface area contributed by atoms with Gasteiger partial charge in [-0.3, -0.25) is 4.31 Å². The molecule has 0 bridgehead atoms. The van der Waals surface area contributed by atoms with Crippen LogP contribution in [0.15, 0.2) is 53.9 Å². The third-order valence-corrected chi connectivity index (χ3v) is 6.03. The minimum atomic E-state index is -3.84. The number of rotatable bonds is 6. The second kappa shape index (κ2) is 7.47. The quantitative estimate of drug-likeness (QED) is 0.677. The molecule has 2 aromatic rings. The van der Waals surface area contributed by atoms with Gasteiger partial charge in [0.1, 0.15) is 5.75 Å². The van der Waals surface area contributed by atoms with Gasteiger partial charge in [-0.2, -0.15) is 0 Å². The molecule has 0 spiro atoms. The highest BCUT2D eigenvalue weighted by atomic mass is 35.5. The van der Waals surface area contributed by atoms with Gasteiger partial charge in [0.2, 0.25) is 0 Å². The Morgan fingerprint density at radius 2 is 1.96 bits per heavy atom. The number of aryl methyl sites for hydroxylation is 1. The van der Waals surface area contributed by atoms with Crippen molar-refractivity contribution >= 4 is 38.9 Å². The predicted molar refractivity (Wildman–Crippen MR) is 98.9 cm³/mol. The van der Waals surface area contributed by atoms with E-state index in [0.717, 1.165) is 0 Å². The molecule has 0 aliphatic carbocycles. The molecule has 0 saturated heterocycles. The van der Waals surface area contributed by atoms with Gasteiger partial charge in [0, 0.05) is 0 Å². The average molecular weight is 386 g/mol. The smallest absolute Gasteiger partial charge is 0.264 e. The maximum Gasteiger partial charge on any atom is 0.264 e. The molecule has 0 saturated carbocycles. The number of halogens is 2. The fraction of sp³-hybridized carbons (Fsp3) is 0.176. The second-order valence-electron chi connectivity index (χ2n) is 5.03. The van der Waals surface area contributed by atoms with Gasteiger partial charge < -0.3 is 4.74 Å². The lowest BCUT2D eigenvalue weighted by Gasteiger charge is -2.24. The van der Waals surface area contributed by atoms with Crippen LogP contribution in [-0.4, -0.2) is 22.1 Å². The monoisotopic (exact) mass is 385 g/mol. The van der Waals surface area contributed by atoms with E-state index in [2.05, 4.69) is 6.58 Å². The molecule has 0 heterocycles. The fourth-order valence-electron chi connectivity index (χ4n) is 2.27. The number of ether oxygens (including phenoxy) is 1. The molecule has 0 atom stereocenters. The summed E-state index contributed by atoms with van der Waals surface area (Å²) < 4.78 is 32.5. The predicted octanol–water partition coefficient (Wildman–Crippen LogP) is 4.69. The molecule has 24 heavy (non-hydrogen) atoms. The zero-order valence-corrected chi connectivity index (χ0v) is 15.6. The van der Waals surface area contributed by atoms with E-state index in [9.17, 15) is 8.42 Å². The molecule has 0 amide bonds. The summed E-state index contributed by atoms with van der Waals surface area (Å²) in [5.41, 5.74) is 1.02. The van der Waals surface area contributed by atoms with Crippen molar-refractivity contribution < 1.29 is 13.2 Å². The van der Waals surface area contributed by atoms with Crippen molar-refractivity contribution in [2.45, 2.75) is 11.8 Å². The van der Waals surface area contributed by atoms with Crippen LogP contribution < -0.4 is 9.04 Å². The minimum absolute atomic E-state index is 0.0630. The normalized spacial score (nSPS) is 11.2. The van der Waals surface area contributed by atoms with Crippen molar-refractivity contribution in [1.29, 1.82) is 0 Å². The van der Waals surface area contributed by atoms with Gasteiger partial charge in [0.05, 0.1) is 34.3 Å². The molecule has 0 fully saturated rings. The van der Waals surface area contributed by atoms with Crippen LogP contribution >= 0.6 is 23.2 Å². The van der Waals surface area contributed by atoms with Crippen LogP contribution in [0, 0.1) is 6.92 Å². The van der Waals surface area contributed by atoms with Gasteiger partial charge in [-0.05, 0) is 42.8 Å². The third-order valence-electron chi connectivity index (χ3n) is 3.45. The van der Waals surface area contributed by atoms with Crippen molar-refractivity contribution in [3.05, 3.63) is 64.7 Å². The lowest BCUT2D eigenvalue weighted by molar-refractivity contribution is 0.411. The topological polar surface area (TPSA) is 46.6 Å². The number of hydrogen-bond acceptors (Lipinski definition) is 3. The number of anilines is 1. The molecule has 0 aromatic heterocycles. The Labute approximate surface area is 152 Å². The van der Waals surface area contributed by atoms with Gasteiger partial charge in [-0.1, -0.05) is 35.3 Å². The van der Waals surface area contributed by atoms with E-state index in [0.29, 0.717) is 17.0 Å². The van der Waals surface area contributed by atoms with Gasteiger partial charge in [-0.25, -0.2) is 8.42 Å². The van der Waals surface area contributed by atoms with Crippen LogP contribution in [0.25, 0.3) is 0 Å². The van der Waals surface area contributed by atoms with Crippen LogP contribution in [0.1, 0.15) is 5.56 Å². The molecule has 0 radical (unpaired) electrons. The number of sulfonamides is 1. The Bertz CT molecular complexity index is 866. The first-order valence-electron chi connectivity index (χ1n) is 7.05. The van der Waals surface area contributed by atoms with Gasteiger partial charge in [0.25, 0.3) is 10.0 Å². The average Bonchev–Trinajstić information content (AvgIpc) is 2.55. The van der Waals surface area contributed by atoms with Crippen molar-refractivity contribution in [2.75, 3.05) is 18.0 Å².